The van der Waals surface area contributed by atoms with Crippen LogP contribution in [0.2, 0.25) is 0 Å². The van der Waals surface area contributed by atoms with Gasteiger partial charge in [-0.3, -0.25) is 9.59 Å². The molecule has 0 bridgehead atoms. The first-order valence-corrected chi connectivity index (χ1v) is 15.0. The van der Waals surface area contributed by atoms with E-state index in [1.807, 2.05) is 6.20 Å². The first-order valence-electron chi connectivity index (χ1n) is 13.5. The van der Waals surface area contributed by atoms with Gasteiger partial charge in [-0.2, -0.15) is 13.2 Å². The van der Waals surface area contributed by atoms with Gasteiger partial charge in [0.2, 0.25) is 0 Å². The molecule has 1 aromatic heterocycles. The lowest BCUT2D eigenvalue weighted by atomic mass is 10.0. The molecule has 3 aromatic carbocycles. The first kappa shape index (κ1) is 31.6. The quantitative estimate of drug-likeness (QED) is 0.200. The Morgan fingerprint density at radius 1 is 0.953 bits per heavy atom. The average Bonchev–Trinajstić information content (AvgIpc) is 3.35. The smallest absolute Gasteiger partial charge is 0.389 e. The van der Waals surface area contributed by atoms with E-state index in [1.54, 1.807) is 49.4 Å². The largest absolute Gasteiger partial charge is 0.496 e. The van der Waals surface area contributed by atoms with Crippen LogP contribution in [0.25, 0.3) is 10.9 Å². The Hall–Kier alpha value is -4.32. The Bertz CT molecular complexity index is 1750. The fourth-order valence-electron chi connectivity index (χ4n) is 4.82. The molecule has 1 unspecified atom stereocenters. The number of halogens is 3. The van der Waals surface area contributed by atoms with Crippen LogP contribution in [0.5, 0.6) is 5.75 Å². The van der Waals surface area contributed by atoms with E-state index in [4.69, 9.17) is 4.74 Å². The van der Waals surface area contributed by atoms with Gasteiger partial charge in [0.1, 0.15) is 5.75 Å². The lowest BCUT2D eigenvalue weighted by Crippen LogP contribution is -2.31. The highest BCUT2D eigenvalue weighted by molar-refractivity contribution is 7.90. The van der Waals surface area contributed by atoms with Crippen molar-refractivity contribution in [3.05, 3.63) is 94.7 Å². The van der Waals surface area contributed by atoms with Crippen molar-refractivity contribution in [1.29, 1.82) is 0 Å². The van der Waals surface area contributed by atoms with Gasteiger partial charge < -0.3 is 15.0 Å². The van der Waals surface area contributed by atoms with Crippen molar-refractivity contribution in [2.24, 2.45) is 5.92 Å². The molecule has 0 fully saturated rings. The van der Waals surface area contributed by atoms with Gasteiger partial charge in [-0.15, -0.1) is 0 Å². The van der Waals surface area contributed by atoms with Gasteiger partial charge in [0.15, 0.2) is 0 Å². The second-order valence-electron chi connectivity index (χ2n) is 10.4. The van der Waals surface area contributed by atoms with Crippen molar-refractivity contribution in [2.45, 2.75) is 44.2 Å². The summed E-state index contributed by atoms with van der Waals surface area (Å²) in [5, 5.41) is 3.37. The highest BCUT2D eigenvalue weighted by atomic mass is 32.2. The molecule has 2 amide bonds. The average molecular weight is 616 g/mol. The van der Waals surface area contributed by atoms with Crippen LogP contribution < -0.4 is 14.8 Å². The number of carbonyl (C=O) groups excluding carboxylic acids is 2. The number of amides is 2. The molecule has 0 aliphatic rings. The molecule has 228 valence electrons. The monoisotopic (exact) mass is 615 g/mol. The molecule has 43 heavy (non-hydrogen) atoms. The highest BCUT2D eigenvalue weighted by Crippen LogP contribution is 2.27. The zero-order valence-electron chi connectivity index (χ0n) is 23.8. The number of hydrogen-bond donors (Lipinski definition) is 3. The van der Waals surface area contributed by atoms with E-state index in [2.05, 4.69) is 15.0 Å². The zero-order valence-corrected chi connectivity index (χ0v) is 24.7. The third kappa shape index (κ3) is 7.95. The summed E-state index contributed by atoms with van der Waals surface area (Å²) in [5.41, 5.74) is 3.44. The third-order valence-corrected chi connectivity index (χ3v) is 8.53. The van der Waals surface area contributed by atoms with Gasteiger partial charge in [-0.1, -0.05) is 31.2 Å². The number of methoxy groups -OCH3 is 1. The van der Waals surface area contributed by atoms with E-state index < -0.39 is 40.4 Å². The number of aromatic nitrogens is 1. The maximum atomic E-state index is 12.8. The standard InChI is InChI=1S/C31H32F3N3O5S/c1-19(16-31(32,33)34)17-36-29(38)22-12-13-26-25(14-22)24(18-35-26)11-9-21-8-10-23(15-27(21)42-3)30(39)37-43(40,41)28-7-5-4-6-20(28)2/h4-8,10,12-15,18-19,35H,9,11,16-17H2,1-3H3,(H,36,38)(H,37,39). The van der Waals surface area contributed by atoms with Crippen LogP contribution in [0.15, 0.2) is 71.8 Å². The molecule has 0 saturated heterocycles. The number of sulfonamides is 1. The molecular formula is C31H32F3N3O5S. The van der Waals surface area contributed by atoms with Gasteiger partial charge in [-0.25, -0.2) is 13.1 Å². The zero-order chi connectivity index (χ0) is 31.4. The second-order valence-corrected chi connectivity index (χ2v) is 12.1. The molecule has 0 aliphatic heterocycles. The maximum absolute atomic E-state index is 12.8. The summed E-state index contributed by atoms with van der Waals surface area (Å²) < 4.78 is 70.9. The number of rotatable bonds is 11. The van der Waals surface area contributed by atoms with E-state index in [9.17, 15) is 31.2 Å². The minimum Gasteiger partial charge on any atom is -0.496 e. The van der Waals surface area contributed by atoms with Gasteiger partial charge in [-0.05, 0) is 78.8 Å². The fourth-order valence-corrected chi connectivity index (χ4v) is 6.04. The molecule has 4 aromatic rings. The molecule has 8 nitrogen and oxygen atoms in total. The van der Waals surface area contributed by atoms with Gasteiger partial charge in [0.25, 0.3) is 21.8 Å². The lowest BCUT2D eigenvalue weighted by Gasteiger charge is -2.14. The number of benzene rings is 3. The Labute approximate surface area is 247 Å². The van der Waals surface area contributed by atoms with Crippen molar-refractivity contribution < 1.29 is 35.9 Å². The molecule has 12 heteroatoms. The molecule has 0 saturated carbocycles. The molecule has 4 rings (SSSR count). The highest BCUT2D eigenvalue weighted by Gasteiger charge is 2.30. The topological polar surface area (TPSA) is 117 Å². The van der Waals surface area contributed by atoms with Crippen LogP contribution in [-0.2, 0) is 22.9 Å². The molecular weight excluding hydrogens is 583 g/mol. The van der Waals surface area contributed by atoms with E-state index in [0.717, 1.165) is 22.0 Å². The Kier molecular flexibility index (Phi) is 9.49. The summed E-state index contributed by atoms with van der Waals surface area (Å²) in [6.45, 7) is 2.98. The number of fused-ring (bicyclic) bond motifs is 1. The maximum Gasteiger partial charge on any atom is 0.389 e. The Morgan fingerprint density at radius 2 is 1.63 bits per heavy atom. The molecule has 0 aliphatic carbocycles. The number of aromatic amines is 1. The number of aryl methyl sites for hydroxylation is 3. The summed E-state index contributed by atoms with van der Waals surface area (Å²) >= 11 is 0. The fraction of sp³-hybridized carbons (Fsp3) is 0.290. The minimum atomic E-state index is -4.29. The number of H-pyrrole nitrogens is 1. The summed E-state index contributed by atoms with van der Waals surface area (Å²) in [7, 11) is -2.62. The third-order valence-electron chi connectivity index (χ3n) is 7.04. The van der Waals surface area contributed by atoms with E-state index >= 15 is 0 Å². The minimum absolute atomic E-state index is 0.0160. The molecule has 1 heterocycles. The van der Waals surface area contributed by atoms with Crippen LogP contribution in [0, 0.1) is 12.8 Å². The van der Waals surface area contributed by atoms with Gasteiger partial charge in [0.05, 0.1) is 12.0 Å². The molecule has 0 spiro atoms. The normalized spacial score (nSPS) is 12.6. The van der Waals surface area contributed by atoms with Gasteiger partial charge in [0, 0.05) is 41.2 Å². The van der Waals surface area contributed by atoms with Crippen LogP contribution in [0.3, 0.4) is 0 Å². The summed E-state index contributed by atoms with van der Waals surface area (Å²) in [6.07, 6.45) is -2.40. The number of hydrogen-bond acceptors (Lipinski definition) is 5. The number of alkyl halides is 3. The summed E-state index contributed by atoms with van der Waals surface area (Å²) in [6, 6.07) is 16.1. The number of nitrogens with one attached hydrogen (secondary N) is 3. The predicted octanol–water partition coefficient (Wildman–Crippen LogP) is 5.71. The summed E-state index contributed by atoms with van der Waals surface area (Å²) in [4.78, 5) is 28.6. The van der Waals surface area contributed by atoms with E-state index in [1.165, 1.54) is 32.2 Å². The number of carbonyl (C=O) groups is 2. The van der Waals surface area contributed by atoms with Gasteiger partial charge >= 0.3 is 6.18 Å². The van der Waals surface area contributed by atoms with Crippen molar-refractivity contribution in [3.8, 4) is 5.75 Å². The summed E-state index contributed by atoms with van der Waals surface area (Å²) in [5.74, 6) is -1.58. The van der Waals surface area contributed by atoms with Crippen LogP contribution in [0.1, 0.15) is 50.8 Å². The van der Waals surface area contributed by atoms with E-state index in [0.29, 0.717) is 29.7 Å². The van der Waals surface area contributed by atoms with Crippen LogP contribution in [0.4, 0.5) is 13.2 Å². The lowest BCUT2D eigenvalue weighted by molar-refractivity contribution is -0.142. The Balaban J connectivity index is 1.44. The van der Waals surface area contributed by atoms with Crippen molar-refractivity contribution in [1.82, 2.24) is 15.0 Å². The van der Waals surface area contributed by atoms with Crippen molar-refractivity contribution in [2.75, 3.05) is 13.7 Å². The van der Waals surface area contributed by atoms with E-state index in [-0.39, 0.29) is 17.0 Å². The molecule has 0 radical (unpaired) electrons. The van der Waals surface area contributed by atoms with Crippen molar-refractivity contribution in [3.63, 3.8) is 0 Å². The first-order chi connectivity index (χ1) is 20.3. The predicted molar refractivity (Wildman–Crippen MR) is 157 cm³/mol. The van der Waals surface area contributed by atoms with Crippen LogP contribution >= 0.6 is 0 Å². The molecule has 3 N–H and O–H groups in total. The second kappa shape index (κ2) is 12.9. The SMILES string of the molecule is COc1cc(C(=O)NS(=O)(=O)c2ccccc2C)ccc1CCc1c[nH]c2ccc(C(=O)NCC(C)CC(F)(F)F)cc12. The molecule has 1 atom stereocenters. The Morgan fingerprint density at radius 3 is 2.33 bits per heavy atom. The number of ether oxygens (including phenoxy) is 1. The van der Waals surface area contributed by atoms with Crippen LogP contribution in [-0.4, -0.2) is 45.0 Å². The van der Waals surface area contributed by atoms with Crippen molar-refractivity contribution >= 4 is 32.7 Å².